The monoisotopic (exact) mass is 184 g/mol. The van der Waals surface area contributed by atoms with Crippen LogP contribution in [0.3, 0.4) is 0 Å². The summed E-state index contributed by atoms with van der Waals surface area (Å²) in [4.78, 5) is 0. The molecule has 0 fully saturated rings. The molecular formula is C5H12O4Ti. The van der Waals surface area contributed by atoms with E-state index in [0.29, 0.717) is 13.2 Å². The van der Waals surface area contributed by atoms with E-state index in [1.54, 1.807) is 0 Å². The normalized spacial score (nSPS) is 9.80. The molecule has 10 heavy (non-hydrogen) atoms. The molecule has 0 saturated heterocycles. The first kappa shape index (κ1) is 10.4. The van der Waals surface area contributed by atoms with Crippen molar-refractivity contribution in [2.24, 2.45) is 0 Å². The zero-order chi connectivity index (χ0) is 7.82. The minimum absolute atomic E-state index is 0.231. The zero-order valence-electron chi connectivity index (χ0n) is 6.00. The van der Waals surface area contributed by atoms with Crippen LogP contribution in [0.5, 0.6) is 0 Å². The van der Waals surface area contributed by atoms with E-state index < -0.39 is 18.6 Å². The summed E-state index contributed by atoms with van der Waals surface area (Å²) >= 11 is -3.28. The molecule has 0 heterocycles. The molecule has 0 bridgehead atoms. The van der Waals surface area contributed by atoms with Crippen molar-refractivity contribution in [3.8, 4) is 0 Å². The molecule has 0 rings (SSSR count). The van der Waals surface area contributed by atoms with Gasteiger partial charge >= 0.3 is 66.8 Å². The Morgan fingerprint density at radius 3 is 2.60 bits per heavy atom. The van der Waals surface area contributed by atoms with Crippen LogP contribution in [0.15, 0.2) is 0 Å². The van der Waals surface area contributed by atoms with Gasteiger partial charge in [0.1, 0.15) is 0 Å². The Hall–Kier alpha value is 0.394. The molecule has 60 valence electrons. The summed E-state index contributed by atoms with van der Waals surface area (Å²) in [6.45, 7) is 3.32. The van der Waals surface area contributed by atoms with E-state index in [1.807, 2.05) is 6.92 Å². The molecule has 0 aliphatic heterocycles. The fraction of sp³-hybridized carbons (Fsp3) is 1.00. The molecule has 0 amide bonds. The predicted molar refractivity (Wildman–Crippen MR) is 30.0 cm³/mol. The van der Waals surface area contributed by atoms with Gasteiger partial charge in [-0.3, -0.25) is 0 Å². The van der Waals surface area contributed by atoms with Crippen LogP contribution in [0, 0.1) is 0 Å². The van der Waals surface area contributed by atoms with E-state index in [4.69, 9.17) is 8.42 Å². The van der Waals surface area contributed by atoms with Crippen LogP contribution in [0.4, 0.5) is 0 Å². The molecule has 0 aromatic rings. The summed E-state index contributed by atoms with van der Waals surface area (Å²) in [5.74, 6) is 0. The van der Waals surface area contributed by atoms with Gasteiger partial charge in [0, 0.05) is 0 Å². The van der Waals surface area contributed by atoms with Crippen molar-refractivity contribution in [1.82, 2.24) is 0 Å². The molecule has 0 atom stereocenters. The fourth-order valence-corrected chi connectivity index (χ4v) is 0.837. The summed E-state index contributed by atoms with van der Waals surface area (Å²) in [6.07, 6.45) is 0.958. The molecule has 0 aliphatic rings. The summed E-state index contributed by atoms with van der Waals surface area (Å²) in [5.41, 5.74) is 0. The van der Waals surface area contributed by atoms with Crippen molar-refractivity contribution in [2.45, 2.75) is 13.3 Å². The molecule has 0 saturated carbocycles. The maximum absolute atomic E-state index is 10.0. The molecule has 0 unspecified atom stereocenters. The Balaban J connectivity index is 2.84. The van der Waals surface area contributed by atoms with E-state index >= 15 is 0 Å². The molecule has 0 aromatic carbocycles. The van der Waals surface area contributed by atoms with Gasteiger partial charge in [0.05, 0.1) is 0 Å². The van der Waals surface area contributed by atoms with Gasteiger partial charge < -0.3 is 0 Å². The van der Waals surface area contributed by atoms with Gasteiger partial charge in [0.15, 0.2) is 0 Å². The van der Waals surface area contributed by atoms with E-state index in [2.05, 4.69) is 3.32 Å². The van der Waals surface area contributed by atoms with Crippen molar-refractivity contribution in [3.63, 3.8) is 0 Å². The van der Waals surface area contributed by atoms with E-state index in [-0.39, 0.29) is 6.61 Å². The Labute approximate surface area is 67.2 Å². The van der Waals surface area contributed by atoms with Gasteiger partial charge in [-0.15, -0.1) is 0 Å². The van der Waals surface area contributed by atoms with Crippen LogP contribution in [0.2, 0.25) is 0 Å². The molecule has 0 spiro atoms. The second kappa shape index (κ2) is 7.50. The van der Waals surface area contributed by atoms with Gasteiger partial charge in [-0.1, -0.05) is 0 Å². The third-order valence-corrected chi connectivity index (χ3v) is 1.51. The Kier molecular flexibility index (Phi) is 7.80. The van der Waals surface area contributed by atoms with Gasteiger partial charge in [0.2, 0.25) is 0 Å². The third kappa shape index (κ3) is 8.39. The molecular weight excluding hydrogens is 172 g/mol. The first-order chi connectivity index (χ1) is 4.77. The Morgan fingerprint density at radius 2 is 2.10 bits per heavy atom. The van der Waals surface area contributed by atoms with Gasteiger partial charge in [-0.2, -0.15) is 0 Å². The molecule has 4 nitrogen and oxygen atoms in total. The van der Waals surface area contributed by atoms with Crippen molar-refractivity contribution in [3.05, 3.63) is 0 Å². The summed E-state index contributed by atoms with van der Waals surface area (Å²) < 4.78 is 27.7. The van der Waals surface area contributed by atoms with Crippen molar-refractivity contribution >= 4 is 0 Å². The number of hydrogen-bond acceptors (Lipinski definition) is 3. The summed E-state index contributed by atoms with van der Waals surface area (Å²) in [5, 5.41) is 0. The van der Waals surface area contributed by atoms with Crippen molar-refractivity contribution in [2.75, 3.05) is 19.8 Å². The average molecular weight is 184 g/mol. The van der Waals surface area contributed by atoms with Gasteiger partial charge in [-0.05, 0) is 0 Å². The average Bonchev–Trinajstić information content (AvgIpc) is 1.87. The second-order valence-corrected chi connectivity index (χ2v) is 3.01. The van der Waals surface area contributed by atoms with Gasteiger partial charge in [0.25, 0.3) is 0 Å². The number of hydrogen-bond donors (Lipinski definition) is 1. The van der Waals surface area contributed by atoms with Gasteiger partial charge in [-0.25, -0.2) is 0 Å². The second-order valence-electron chi connectivity index (χ2n) is 1.73. The molecule has 0 aromatic heterocycles. The zero-order valence-corrected chi connectivity index (χ0v) is 7.56. The minimum atomic E-state index is -3.28. The molecule has 0 aliphatic carbocycles. The molecule has 1 N–H and O–H groups in total. The summed E-state index contributed by atoms with van der Waals surface area (Å²) in [6, 6.07) is 0. The SMILES string of the molecule is CCCOCC[O][Ti](=[O])[OH]. The van der Waals surface area contributed by atoms with Crippen LogP contribution < -0.4 is 0 Å². The molecule has 0 radical (unpaired) electrons. The summed E-state index contributed by atoms with van der Waals surface area (Å²) in [7, 11) is 0. The first-order valence-electron chi connectivity index (χ1n) is 3.20. The first-order valence-corrected chi connectivity index (χ1v) is 5.18. The topological polar surface area (TPSA) is 55.8 Å². The van der Waals surface area contributed by atoms with E-state index in [0.717, 1.165) is 6.42 Å². The van der Waals surface area contributed by atoms with Crippen LogP contribution in [0.25, 0.3) is 0 Å². The van der Waals surface area contributed by atoms with Crippen LogP contribution in [0.1, 0.15) is 13.3 Å². The number of ether oxygens (including phenoxy) is 1. The molecule has 5 heteroatoms. The Morgan fingerprint density at radius 1 is 1.40 bits per heavy atom. The standard InChI is InChI=1S/C5H11O2.H2O.O.Ti/c1-2-4-7-5-3-6;;;/h2-5H2,1H3;1H2;;/q-1;;;+2/p-1. The van der Waals surface area contributed by atoms with E-state index in [9.17, 15) is 3.32 Å². The Bertz CT molecular complexity index is 95.6. The van der Waals surface area contributed by atoms with Crippen molar-refractivity contribution < 1.29 is 33.7 Å². The maximum atomic E-state index is 10.0. The fourth-order valence-electron chi connectivity index (χ4n) is 0.434. The van der Waals surface area contributed by atoms with Crippen LogP contribution in [-0.2, 0) is 30.0 Å². The number of rotatable bonds is 6. The predicted octanol–water partition coefficient (Wildman–Crippen LogP) is 0.216. The van der Waals surface area contributed by atoms with Crippen molar-refractivity contribution in [1.29, 1.82) is 0 Å². The van der Waals surface area contributed by atoms with E-state index in [1.165, 1.54) is 0 Å². The third-order valence-electron chi connectivity index (χ3n) is 0.802. The van der Waals surface area contributed by atoms with Crippen LogP contribution in [-0.4, -0.2) is 23.5 Å². The van der Waals surface area contributed by atoms with Crippen LogP contribution >= 0.6 is 0 Å². The quantitative estimate of drug-likeness (QED) is 0.473.